The maximum Gasteiger partial charge on any atom is 0.261 e. The first kappa shape index (κ1) is 23.7. The lowest BCUT2D eigenvalue weighted by molar-refractivity contribution is -0.111. The number of benzene rings is 3. The number of carbonyl (C=O) groups is 1. The van der Waals surface area contributed by atoms with E-state index in [2.05, 4.69) is 10.0 Å². The van der Waals surface area contributed by atoms with Crippen LogP contribution in [-0.2, 0) is 14.8 Å². The first-order valence-electron chi connectivity index (χ1n) is 9.82. The highest BCUT2D eigenvalue weighted by Crippen LogP contribution is 2.28. The van der Waals surface area contributed by atoms with E-state index in [4.69, 9.17) is 14.2 Å². The summed E-state index contributed by atoms with van der Waals surface area (Å²) < 4.78 is 43.2. The number of nitrogens with one attached hydrogen (secondary N) is 2. The van der Waals surface area contributed by atoms with Crippen molar-refractivity contribution in [3.05, 3.63) is 78.4 Å². The van der Waals surface area contributed by atoms with Gasteiger partial charge in [0.2, 0.25) is 5.91 Å². The quantitative estimate of drug-likeness (QED) is 0.457. The molecule has 9 heteroatoms. The second-order valence-electron chi connectivity index (χ2n) is 6.80. The van der Waals surface area contributed by atoms with Gasteiger partial charge in [-0.15, -0.1) is 0 Å². The maximum absolute atomic E-state index is 12.6. The van der Waals surface area contributed by atoms with E-state index in [0.717, 1.165) is 5.56 Å². The maximum atomic E-state index is 12.6. The van der Waals surface area contributed by atoms with Crippen LogP contribution in [0.15, 0.2) is 77.7 Å². The SMILES string of the molecule is COc1ccc(NS(=O)(=O)c2ccc(NC(=O)C=Cc3ccc(OC)c(OC)c3)cc2)cc1. The van der Waals surface area contributed by atoms with Crippen LogP contribution < -0.4 is 24.2 Å². The Kier molecular flexibility index (Phi) is 7.57. The Morgan fingerprint density at radius 2 is 1.42 bits per heavy atom. The summed E-state index contributed by atoms with van der Waals surface area (Å²) in [5.74, 6) is 1.41. The first-order valence-corrected chi connectivity index (χ1v) is 11.3. The van der Waals surface area contributed by atoms with Crippen molar-refractivity contribution in [1.29, 1.82) is 0 Å². The molecule has 0 atom stereocenters. The van der Waals surface area contributed by atoms with Gasteiger partial charge in [-0.3, -0.25) is 9.52 Å². The van der Waals surface area contributed by atoms with Crippen molar-refractivity contribution in [1.82, 2.24) is 0 Å². The molecular weight excluding hydrogens is 444 g/mol. The Morgan fingerprint density at radius 3 is 2.03 bits per heavy atom. The number of carbonyl (C=O) groups excluding carboxylic acids is 1. The van der Waals surface area contributed by atoms with Gasteiger partial charge in [0.1, 0.15) is 5.75 Å². The van der Waals surface area contributed by atoms with E-state index in [1.807, 2.05) is 0 Å². The number of sulfonamides is 1. The molecule has 3 aromatic rings. The van der Waals surface area contributed by atoms with Crippen molar-refractivity contribution in [2.75, 3.05) is 31.4 Å². The second kappa shape index (κ2) is 10.6. The van der Waals surface area contributed by atoms with Crippen LogP contribution in [0.25, 0.3) is 6.08 Å². The molecule has 0 fully saturated rings. The monoisotopic (exact) mass is 468 g/mol. The highest BCUT2D eigenvalue weighted by Gasteiger charge is 2.14. The number of hydrogen-bond donors (Lipinski definition) is 2. The molecular formula is C24H24N2O6S. The predicted molar refractivity (Wildman–Crippen MR) is 127 cm³/mol. The van der Waals surface area contributed by atoms with Gasteiger partial charge in [0, 0.05) is 17.5 Å². The third kappa shape index (κ3) is 6.27. The molecule has 0 radical (unpaired) electrons. The van der Waals surface area contributed by atoms with Gasteiger partial charge < -0.3 is 19.5 Å². The molecule has 8 nitrogen and oxygen atoms in total. The van der Waals surface area contributed by atoms with E-state index in [-0.39, 0.29) is 10.8 Å². The van der Waals surface area contributed by atoms with E-state index in [1.54, 1.807) is 55.7 Å². The van der Waals surface area contributed by atoms with Crippen LogP contribution in [0.3, 0.4) is 0 Å². The number of methoxy groups -OCH3 is 3. The van der Waals surface area contributed by atoms with Gasteiger partial charge in [-0.2, -0.15) is 0 Å². The fraction of sp³-hybridized carbons (Fsp3) is 0.125. The van der Waals surface area contributed by atoms with Crippen molar-refractivity contribution in [3.8, 4) is 17.2 Å². The lowest BCUT2D eigenvalue weighted by Gasteiger charge is -2.10. The molecule has 0 aromatic heterocycles. The van der Waals surface area contributed by atoms with Crippen LogP contribution in [0.5, 0.6) is 17.2 Å². The third-order valence-electron chi connectivity index (χ3n) is 4.61. The van der Waals surface area contributed by atoms with Crippen LogP contribution in [-0.4, -0.2) is 35.7 Å². The minimum atomic E-state index is -3.78. The van der Waals surface area contributed by atoms with Crippen molar-refractivity contribution in [2.45, 2.75) is 4.90 Å². The molecule has 0 aliphatic carbocycles. The van der Waals surface area contributed by atoms with Gasteiger partial charge in [0.15, 0.2) is 11.5 Å². The summed E-state index contributed by atoms with van der Waals surface area (Å²) in [5.41, 5.74) is 1.63. The molecule has 0 bridgehead atoms. The summed E-state index contributed by atoms with van der Waals surface area (Å²) in [6, 6.07) is 17.7. The van der Waals surface area contributed by atoms with Gasteiger partial charge in [0.25, 0.3) is 10.0 Å². The zero-order chi connectivity index (χ0) is 23.8. The molecule has 0 saturated carbocycles. The molecule has 0 unspecified atom stereocenters. The van der Waals surface area contributed by atoms with Crippen molar-refractivity contribution < 1.29 is 27.4 Å². The Balaban J connectivity index is 1.63. The van der Waals surface area contributed by atoms with Crippen molar-refractivity contribution >= 4 is 33.4 Å². The lowest BCUT2D eigenvalue weighted by atomic mass is 10.2. The van der Waals surface area contributed by atoms with Crippen molar-refractivity contribution in [2.24, 2.45) is 0 Å². The van der Waals surface area contributed by atoms with Gasteiger partial charge in [0.05, 0.1) is 26.2 Å². The minimum Gasteiger partial charge on any atom is -0.497 e. The van der Waals surface area contributed by atoms with Gasteiger partial charge in [-0.25, -0.2) is 8.42 Å². The second-order valence-corrected chi connectivity index (χ2v) is 8.48. The van der Waals surface area contributed by atoms with Crippen LogP contribution in [0.4, 0.5) is 11.4 Å². The van der Waals surface area contributed by atoms with E-state index in [9.17, 15) is 13.2 Å². The normalized spacial score (nSPS) is 11.1. The molecule has 2 N–H and O–H groups in total. The highest BCUT2D eigenvalue weighted by atomic mass is 32.2. The molecule has 3 rings (SSSR count). The number of ether oxygens (including phenoxy) is 3. The fourth-order valence-corrected chi connectivity index (χ4v) is 3.96. The molecule has 0 aliphatic heterocycles. The topological polar surface area (TPSA) is 103 Å². The highest BCUT2D eigenvalue weighted by molar-refractivity contribution is 7.92. The molecule has 33 heavy (non-hydrogen) atoms. The Labute approximate surface area is 192 Å². The lowest BCUT2D eigenvalue weighted by Crippen LogP contribution is -2.13. The smallest absolute Gasteiger partial charge is 0.261 e. The number of anilines is 2. The van der Waals surface area contributed by atoms with Crippen LogP contribution in [0.2, 0.25) is 0 Å². The predicted octanol–water partition coefficient (Wildman–Crippen LogP) is 4.17. The fourth-order valence-electron chi connectivity index (χ4n) is 2.90. The Bertz CT molecular complexity index is 1240. The zero-order valence-electron chi connectivity index (χ0n) is 18.4. The molecule has 0 aliphatic rings. The summed E-state index contributed by atoms with van der Waals surface area (Å²) in [6.45, 7) is 0. The zero-order valence-corrected chi connectivity index (χ0v) is 19.2. The van der Waals surface area contributed by atoms with Crippen LogP contribution in [0.1, 0.15) is 5.56 Å². The largest absolute Gasteiger partial charge is 0.497 e. The average molecular weight is 469 g/mol. The number of hydrogen-bond acceptors (Lipinski definition) is 6. The van der Waals surface area contributed by atoms with Crippen LogP contribution in [0, 0.1) is 0 Å². The van der Waals surface area contributed by atoms with E-state index in [1.165, 1.54) is 44.6 Å². The van der Waals surface area contributed by atoms with E-state index in [0.29, 0.717) is 28.6 Å². The van der Waals surface area contributed by atoms with Crippen molar-refractivity contribution in [3.63, 3.8) is 0 Å². The average Bonchev–Trinajstić information content (AvgIpc) is 2.83. The minimum absolute atomic E-state index is 0.0668. The summed E-state index contributed by atoms with van der Waals surface area (Å²) >= 11 is 0. The third-order valence-corrected chi connectivity index (χ3v) is 6.01. The van der Waals surface area contributed by atoms with Crippen LogP contribution >= 0.6 is 0 Å². The molecule has 0 spiro atoms. The molecule has 172 valence electrons. The molecule has 1 amide bonds. The molecule has 3 aromatic carbocycles. The number of amides is 1. The summed E-state index contributed by atoms with van der Waals surface area (Å²) in [5, 5.41) is 2.69. The molecule has 0 saturated heterocycles. The van der Waals surface area contributed by atoms with Gasteiger partial charge >= 0.3 is 0 Å². The molecule has 0 heterocycles. The summed E-state index contributed by atoms with van der Waals surface area (Å²) in [7, 11) is 0.841. The Morgan fingerprint density at radius 1 is 0.788 bits per heavy atom. The summed E-state index contributed by atoms with van der Waals surface area (Å²) in [4.78, 5) is 12.3. The van der Waals surface area contributed by atoms with E-state index >= 15 is 0 Å². The van der Waals surface area contributed by atoms with E-state index < -0.39 is 10.0 Å². The first-order chi connectivity index (χ1) is 15.8. The van der Waals surface area contributed by atoms with Gasteiger partial charge in [-0.05, 0) is 72.3 Å². The summed E-state index contributed by atoms with van der Waals surface area (Å²) in [6.07, 6.45) is 3.01. The Hall–Kier alpha value is -3.98. The number of rotatable bonds is 9. The standard InChI is InChI=1S/C24H24N2O6S/c1-30-20-10-6-19(7-11-20)26-33(28,29)21-12-8-18(9-13-21)25-24(27)15-5-17-4-14-22(31-2)23(16-17)32-3/h4-16,26H,1-3H3,(H,25,27). The van der Waals surface area contributed by atoms with Gasteiger partial charge in [-0.1, -0.05) is 6.07 Å².